The number of nitriles is 1. The molecule has 0 heterocycles. The molecule has 0 aliphatic rings. The van der Waals surface area contributed by atoms with Crippen LogP contribution in [0.1, 0.15) is 23.6 Å². The Hall–Kier alpha value is -3.00. The van der Waals surface area contributed by atoms with E-state index in [-0.39, 0.29) is 12.4 Å². The zero-order valence-corrected chi connectivity index (χ0v) is 17.7. The molecule has 0 saturated heterocycles. The van der Waals surface area contributed by atoms with E-state index in [1.54, 1.807) is 54.6 Å². The molecule has 0 aliphatic heterocycles. The van der Waals surface area contributed by atoms with Crippen LogP contribution in [0, 0.1) is 17.1 Å². The topological polar surface area (TPSA) is 42.2 Å². The van der Waals surface area contributed by atoms with Gasteiger partial charge < -0.3 is 9.47 Å². The third-order valence-corrected chi connectivity index (χ3v) is 4.75. The third-order valence-electron chi connectivity index (χ3n) is 4.21. The lowest BCUT2D eigenvalue weighted by Crippen LogP contribution is -2.01. The fraction of sp³-hybridized carbons (Fsp3) is 0.125. The zero-order chi connectivity index (χ0) is 21.5. The van der Waals surface area contributed by atoms with Crippen molar-refractivity contribution in [1.82, 2.24) is 0 Å². The van der Waals surface area contributed by atoms with Crippen LogP contribution in [0.4, 0.5) is 4.39 Å². The number of hydrogen-bond donors (Lipinski definition) is 0. The molecule has 0 atom stereocenters. The van der Waals surface area contributed by atoms with Gasteiger partial charge in [0.1, 0.15) is 12.4 Å². The van der Waals surface area contributed by atoms with Crippen molar-refractivity contribution in [3.8, 4) is 17.6 Å². The molecule has 0 fully saturated rings. The van der Waals surface area contributed by atoms with Gasteiger partial charge in [0.05, 0.1) is 23.3 Å². The Morgan fingerprint density at radius 3 is 2.37 bits per heavy atom. The van der Waals surface area contributed by atoms with E-state index >= 15 is 0 Å². The first kappa shape index (κ1) is 21.7. The lowest BCUT2D eigenvalue weighted by molar-refractivity contribution is 0.269. The van der Waals surface area contributed by atoms with E-state index in [1.807, 2.05) is 6.92 Å². The van der Waals surface area contributed by atoms with E-state index in [0.29, 0.717) is 39.3 Å². The summed E-state index contributed by atoms with van der Waals surface area (Å²) in [4.78, 5) is 0. The maximum Gasteiger partial charge on any atom is 0.180 e. The molecule has 30 heavy (non-hydrogen) atoms. The molecular formula is C24H18Cl2FNO2. The minimum absolute atomic E-state index is 0.212. The van der Waals surface area contributed by atoms with E-state index in [9.17, 15) is 9.65 Å². The predicted octanol–water partition coefficient (Wildman–Crippen LogP) is 7.17. The molecule has 0 aliphatic carbocycles. The van der Waals surface area contributed by atoms with Crippen LogP contribution in [0.5, 0.6) is 11.5 Å². The molecule has 3 nitrogen and oxygen atoms in total. The minimum Gasteiger partial charge on any atom is -0.490 e. The van der Waals surface area contributed by atoms with Gasteiger partial charge in [0, 0.05) is 5.02 Å². The third kappa shape index (κ3) is 5.54. The van der Waals surface area contributed by atoms with Crippen LogP contribution in [0.25, 0.3) is 11.6 Å². The van der Waals surface area contributed by atoms with E-state index in [1.165, 1.54) is 12.1 Å². The van der Waals surface area contributed by atoms with Crippen LogP contribution in [0.2, 0.25) is 10.0 Å². The Bertz CT molecular complexity index is 1090. The van der Waals surface area contributed by atoms with Gasteiger partial charge >= 0.3 is 0 Å². The number of nitrogens with zero attached hydrogens (tertiary/aromatic N) is 1. The van der Waals surface area contributed by atoms with Crippen LogP contribution in [0.3, 0.4) is 0 Å². The van der Waals surface area contributed by atoms with Crippen molar-refractivity contribution in [3.05, 3.63) is 93.2 Å². The molecule has 3 aromatic carbocycles. The Kier molecular flexibility index (Phi) is 7.35. The largest absolute Gasteiger partial charge is 0.490 e. The average molecular weight is 442 g/mol. The zero-order valence-electron chi connectivity index (χ0n) is 16.2. The summed E-state index contributed by atoms with van der Waals surface area (Å²) in [5, 5.41) is 10.5. The van der Waals surface area contributed by atoms with Gasteiger partial charge in [-0.3, -0.25) is 0 Å². The van der Waals surface area contributed by atoms with Gasteiger partial charge in [-0.2, -0.15) is 5.26 Å². The lowest BCUT2D eigenvalue weighted by atomic mass is 10.0. The summed E-state index contributed by atoms with van der Waals surface area (Å²) in [7, 11) is 0. The SMILES string of the molecule is CCOc1cc(/C=C(\C#N)c2ccc(Cl)cc2)cc(Cl)c1OCc1ccc(F)cc1. The molecule has 0 spiro atoms. The second-order valence-electron chi connectivity index (χ2n) is 6.35. The van der Waals surface area contributed by atoms with Gasteiger partial charge in [0.25, 0.3) is 0 Å². The van der Waals surface area contributed by atoms with Crippen molar-refractivity contribution in [2.45, 2.75) is 13.5 Å². The van der Waals surface area contributed by atoms with Crippen molar-refractivity contribution in [2.75, 3.05) is 6.61 Å². The highest BCUT2D eigenvalue weighted by molar-refractivity contribution is 6.32. The molecular weight excluding hydrogens is 424 g/mol. The van der Waals surface area contributed by atoms with Crippen molar-refractivity contribution in [2.24, 2.45) is 0 Å². The standard InChI is InChI=1S/C24H18Cl2FNO2/c1-2-29-23-13-17(11-19(14-28)18-5-7-20(25)8-6-18)12-22(26)24(23)30-15-16-3-9-21(27)10-4-16/h3-13H,2,15H2,1H3/b19-11+. The summed E-state index contributed by atoms with van der Waals surface area (Å²) >= 11 is 12.4. The number of rotatable bonds is 7. The second-order valence-corrected chi connectivity index (χ2v) is 7.20. The molecule has 0 bridgehead atoms. The summed E-state index contributed by atoms with van der Waals surface area (Å²) in [6.45, 7) is 2.48. The van der Waals surface area contributed by atoms with Crippen molar-refractivity contribution >= 4 is 34.9 Å². The maximum absolute atomic E-state index is 13.1. The molecule has 3 aromatic rings. The van der Waals surface area contributed by atoms with E-state index < -0.39 is 0 Å². The predicted molar refractivity (Wildman–Crippen MR) is 118 cm³/mol. The summed E-state index contributed by atoms with van der Waals surface area (Å²) < 4.78 is 24.6. The highest BCUT2D eigenvalue weighted by atomic mass is 35.5. The number of allylic oxidation sites excluding steroid dienone is 1. The van der Waals surface area contributed by atoms with Crippen molar-refractivity contribution in [3.63, 3.8) is 0 Å². The Balaban J connectivity index is 1.90. The second kappa shape index (κ2) is 10.2. The minimum atomic E-state index is -0.308. The number of hydrogen-bond acceptors (Lipinski definition) is 3. The van der Waals surface area contributed by atoms with Gasteiger partial charge in [-0.05, 0) is 66.1 Å². The molecule has 0 radical (unpaired) electrons. The van der Waals surface area contributed by atoms with Crippen molar-refractivity contribution in [1.29, 1.82) is 5.26 Å². The number of benzene rings is 3. The van der Waals surface area contributed by atoms with E-state index in [0.717, 1.165) is 11.1 Å². The fourth-order valence-electron chi connectivity index (χ4n) is 2.79. The molecule has 0 saturated carbocycles. The molecule has 0 aromatic heterocycles. The summed E-state index contributed by atoms with van der Waals surface area (Å²) in [5.41, 5.74) is 2.70. The maximum atomic E-state index is 13.1. The van der Waals surface area contributed by atoms with Crippen LogP contribution in [0.15, 0.2) is 60.7 Å². The van der Waals surface area contributed by atoms with Gasteiger partial charge in [-0.25, -0.2) is 4.39 Å². The van der Waals surface area contributed by atoms with Gasteiger partial charge in [0.2, 0.25) is 0 Å². The number of halogens is 3. The first-order chi connectivity index (χ1) is 14.5. The van der Waals surface area contributed by atoms with Crippen LogP contribution in [-0.2, 0) is 6.61 Å². The highest BCUT2D eigenvalue weighted by Crippen LogP contribution is 2.38. The quantitative estimate of drug-likeness (QED) is 0.288. The summed E-state index contributed by atoms with van der Waals surface area (Å²) in [5.74, 6) is 0.550. The fourth-order valence-corrected chi connectivity index (χ4v) is 3.19. The first-order valence-corrected chi connectivity index (χ1v) is 9.97. The normalized spacial score (nSPS) is 11.1. The van der Waals surface area contributed by atoms with Crippen molar-refractivity contribution < 1.29 is 13.9 Å². The van der Waals surface area contributed by atoms with Gasteiger partial charge in [-0.15, -0.1) is 0 Å². The molecule has 0 unspecified atom stereocenters. The van der Waals surface area contributed by atoms with Crippen LogP contribution < -0.4 is 9.47 Å². The van der Waals surface area contributed by atoms with E-state index in [4.69, 9.17) is 32.7 Å². The Morgan fingerprint density at radius 2 is 1.73 bits per heavy atom. The highest BCUT2D eigenvalue weighted by Gasteiger charge is 2.13. The summed E-state index contributed by atoms with van der Waals surface area (Å²) in [6.07, 6.45) is 1.72. The average Bonchev–Trinajstić information content (AvgIpc) is 2.73. The van der Waals surface area contributed by atoms with Crippen LogP contribution >= 0.6 is 23.2 Å². The Labute approximate surface area is 184 Å². The van der Waals surface area contributed by atoms with Gasteiger partial charge in [0.15, 0.2) is 11.5 Å². The first-order valence-electron chi connectivity index (χ1n) is 9.21. The number of ether oxygens (including phenoxy) is 2. The van der Waals surface area contributed by atoms with E-state index in [2.05, 4.69) is 6.07 Å². The molecule has 3 rings (SSSR count). The lowest BCUT2D eigenvalue weighted by Gasteiger charge is -2.15. The summed E-state index contributed by atoms with van der Waals surface area (Å²) in [6, 6.07) is 18.7. The molecule has 152 valence electrons. The van der Waals surface area contributed by atoms with Gasteiger partial charge in [-0.1, -0.05) is 47.5 Å². The molecule has 0 amide bonds. The van der Waals surface area contributed by atoms with Crippen LogP contribution in [-0.4, -0.2) is 6.61 Å². The smallest absolute Gasteiger partial charge is 0.180 e. The monoisotopic (exact) mass is 441 g/mol. The molecule has 0 N–H and O–H groups in total. The Morgan fingerprint density at radius 1 is 1.03 bits per heavy atom. The molecule has 6 heteroatoms.